The third-order valence-electron chi connectivity index (χ3n) is 4.45. The summed E-state index contributed by atoms with van der Waals surface area (Å²) in [6.07, 6.45) is 4.69. The molecule has 0 saturated carbocycles. The van der Waals surface area contributed by atoms with Crippen molar-refractivity contribution in [3.05, 3.63) is 17.2 Å². The molecule has 108 valence electrons. The van der Waals surface area contributed by atoms with E-state index in [1.807, 2.05) is 0 Å². The zero-order valence-electron chi connectivity index (χ0n) is 12.5. The minimum absolute atomic E-state index is 0.328. The van der Waals surface area contributed by atoms with E-state index in [2.05, 4.69) is 35.3 Å². The van der Waals surface area contributed by atoms with Crippen LogP contribution in [0.2, 0.25) is 0 Å². The van der Waals surface area contributed by atoms with Gasteiger partial charge in [-0.3, -0.25) is 4.90 Å². The molecule has 4 nitrogen and oxygen atoms in total. The van der Waals surface area contributed by atoms with Crippen LogP contribution < -0.4 is 0 Å². The number of aliphatic hydroxyl groups is 1. The Morgan fingerprint density at radius 3 is 2.79 bits per heavy atom. The van der Waals surface area contributed by atoms with Gasteiger partial charge < -0.3 is 9.67 Å². The number of hydrogen-bond donors (Lipinski definition) is 1. The SMILES string of the molecule is Cc1nc(CN2CCC[C@@H](CCCO)C2)n(C)c1C. The Morgan fingerprint density at radius 2 is 2.16 bits per heavy atom. The molecule has 1 fully saturated rings. The van der Waals surface area contributed by atoms with E-state index in [1.54, 1.807) is 0 Å². The fraction of sp³-hybridized carbons (Fsp3) is 0.800. The first-order valence-corrected chi connectivity index (χ1v) is 7.43. The maximum atomic E-state index is 8.94. The van der Waals surface area contributed by atoms with E-state index in [0.29, 0.717) is 6.61 Å². The predicted octanol–water partition coefficient (Wildman–Crippen LogP) is 2.02. The minimum atomic E-state index is 0.328. The number of hydrogen-bond acceptors (Lipinski definition) is 3. The fourth-order valence-corrected chi connectivity index (χ4v) is 3.04. The van der Waals surface area contributed by atoms with Crippen molar-refractivity contribution in [2.24, 2.45) is 13.0 Å². The number of aliphatic hydroxyl groups excluding tert-OH is 1. The lowest BCUT2D eigenvalue weighted by atomic mass is 9.93. The third-order valence-corrected chi connectivity index (χ3v) is 4.45. The van der Waals surface area contributed by atoms with Gasteiger partial charge >= 0.3 is 0 Å². The van der Waals surface area contributed by atoms with Gasteiger partial charge in [0, 0.05) is 25.9 Å². The van der Waals surface area contributed by atoms with Crippen LogP contribution in [0.15, 0.2) is 0 Å². The summed E-state index contributed by atoms with van der Waals surface area (Å²) >= 11 is 0. The molecule has 4 heteroatoms. The van der Waals surface area contributed by atoms with E-state index in [0.717, 1.165) is 37.5 Å². The maximum absolute atomic E-state index is 8.94. The average molecular weight is 265 g/mol. The summed E-state index contributed by atoms with van der Waals surface area (Å²) in [6, 6.07) is 0. The highest BCUT2D eigenvalue weighted by atomic mass is 16.2. The van der Waals surface area contributed by atoms with Gasteiger partial charge in [0.2, 0.25) is 0 Å². The lowest BCUT2D eigenvalue weighted by Crippen LogP contribution is -2.35. The van der Waals surface area contributed by atoms with Gasteiger partial charge in [-0.15, -0.1) is 0 Å². The summed E-state index contributed by atoms with van der Waals surface area (Å²) in [5.41, 5.74) is 2.41. The van der Waals surface area contributed by atoms with Crippen LogP contribution in [0.1, 0.15) is 42.9 Å². The molecule has 2 heterocycles. The van der Waals surface area contributed by atoms with Gasteiger partial charge in [-0.25, -0.2) is 4.98 Å². The van der Waals surface area contributed by atoms with Gasteiger partial charge in [0.25, 0.3) is 0 Å². The summed E-state index contributed by atoms with van der Waals surface area (Å²) in [7, 11) is 2.11. The Morgan fingerprint density at radius 1 is 1.37 bits per heavy atom. The van der Waals surface area contributed by atoms with Crippen molar-refractivity contribution in [2.75, 3.05) is 19.7 Å². The molecule has 1 aromatic rings. The average Bonchev–Trinajstić information content (AvgIpc) is 2.64. The monoisotopic (exact) mass is 265 g/mol. The fourth-order valence-electron chi connectivity index (χ4n) is 3.04. The van der Waals surface area contributed by atoms with E-state index in [9.17, 15) is 0 Å². The van der Waals surface area contributed by atoms with Crippen LogP contribution in [-0.4, -0.2) is 39.3 Å². The van der Waals surface area contributed by atoms with Crippen molar-refractivity contribution in [1.29, 1.82) is 0 Å². The molecule has 1 aliphatic rings. The van der Waals surface area contributed by atoms with E-state index in [4.69, 9.17) is 5.11 Å². The van der Waals surface area contributed by atoms with Gasteiger partial charge in [-0.1, -0.05) is 0 Å². The van der Waals surface area contributed by atoms with E-state index in [-0.39, 0.29) is 0 Å². The van der Waals surface area contributed by atoms with Crippen LogP contribution in [0, 0.1) is 19.8 Å². The number of imidazole rings is 1. The molecule has 19 heavy (non-hydrogen) atoms. The molecule has 0 radical (unpaired) electrons. The van der Waals surface area contributed by atoms with Crippen LogP contribution in [0.5, 0.6) is 0 Å². The van der Waals surface area contributed by atoms with Gasteiger partial charge in [-0.2, -0.15) is 0 Å². The smallest absolute Gasteiger partial charge is 0.123 e. The molecule has 1 aliphatic heterocycles. The molecule has 0 unspecified atom stereocenters. The summed E-state index contributed by atoms with van der Waals surface area (Å²) < 4.78 is 2.21. The zero-order chi connectivity index (χ0) is 13.8. The van der Waals surface area contributed by atoms with Crippen molar-refractivity contribution in [1.82, 2.24) is 14.5 Å². The quantitative estimate of drug-likeness (QED) is 0.885. The Balaban J connectivity index is 1.93. The normalized spacial score (nSPS) is 20.9. The molecule has 0 spiro atoms. The highest BCUT2D eigenvalue weighted by Crippen LogP contribution is 2.22. The molecular weight excluding hydrogens is 238 g/mol. The van der Waals surface area contributed by atoms with Crippen LogP contribution >= 0.6 is 0 Å². The molecule has 2 rings (SSSR count). The third kappa shape index (κ3) is 3.57. The van der Waals surface area contributed by atoms with Crippen molar-refractivity contribution in [2.45, 2.75) is 46.1 Å². The first kappa shape index (κ1) is 14.5. The van der Waals surface area contributed by atoms with Crippen molar-refractivity contribution >= 4 is 0 Å². The molecule has 0 aromatic carbocycles. The molecule has 1 N–H and O–H groups in total. The molecular formula is C15H27N3O. The Labute approximate surface area is 116 Å². The van der Waals surface area contributed by atoms with Gasteiger partial charge in [0.05, 0.1) is 12.2 Å². The number of piperidine rings is 1. The van der Waals surface area contributed by atoms with E-state index >= 15 is 0 Å². The second kappa shape index (κ2) is 6.53. The molecule has 1 aromatic heterocycles. The summed E-state index contributed by atoms with van der Waals surface area (Å²) in [4.78, 5) is 7.19. The Kier molecular flexibility index (Phi) is 4.99. The number of likely N-dealkylation sites (tertiary alicyclic amines) is 1. The van der Waals surface area contributed by atoms with Crippen LogP contribution in [0.3, 0.4) is 0 Å². The summed E-state index contributed by atoms with van der Waals surface area (Å²) in [5, 5.41) is 8.94. The lowest BCUT2D eigenvalue weighted by Gasteiger charge is -2.32. The number of nitrogens with zero attached hydrogens (tertiary/aromatic N) is 3. The molecule has 0 bridgehead atoms. The van der Waals surface area contributed by atoms with Crippen molar-refractivity contribution < 1.29 is 5.11 Å². The lowest BCUT2D eigenvalue weighted by molar-refractivity contribution is 0.149. The van der Waals surface area contributed by atoms with Crippen LogP contribution in [-0.2, 0) is 13.6 Å². The largest absolute Gasteiger partial charge is 0.396 e. The highest BCUT2D eigenvalue weighted by Gasteiger charge is 2.21. The van der Waals surface area contributed by atoms with Crippen molar-refractivity contribution in [3.8, 4) is 0 Å². The van der Waals surface area contributed by atoms with E-state index in [1.165, 1.54) is 30.9 Å². The van der Waals surface area contributed by atoms with Gasteiger partial charge in [0.1, 0.15) is 5.82 Å². The molecule has 0 amide bonds. The minimum Gasteiger partial charge on any atom is -0.396 e. The van der Waals surface area contributed by atoms with Crippen LogP contribution in [0.4, 0.5) is 0 Å². The van der Waals surface area contributed by atoms with Crippen LogP contribution in [0.25, 0.3) is 0 Å². The standard InChI is InChI=1S/C15H27N3O/c1-12-13(2)17(3)15(16-12)11-18-8-4-6-14(10-18)7-5-9-19/h14,19H,4-11H2,1-3H3/t14-/m0/s1. The number of aryl methyl sites for hydroxylation is 1. The molecule has 1 saturated heterocycles. The molecule has 0 aliphatic carbocycles. The zero-order valence-corrected chi connectivity index (χ0v) is 12.5. The van der Waals surface area contributed by atoms with Crippen molar-refractivity contribution in [3.63, 3.8) is 0 Å². The van der Waals surface area contributed by atoms with Gasteiger partial charge in [0.15, 0.2) is 0 Å². The topological polar surface area (TPSA) is 41.3 Å². The first-order valence-electron chi connectivity index (χ1n) is 7.43. The summed E-state index contributed by atoms with van der Waals surface area (Å²) in [6.45, 7) is 7.84. The second-order valence-electron chi connectivity index (χ2n) is 5.87. The maximum Gasteiger partial charge on any atom is 0.123 e. The van der Waals surface area contributed by atoms with Gasteiger partial charge in [-0.05, 0) is 52.0 Å². The molecule has 1 atom stereocenters. The Bertz CT molecular complexity index is 414. The van der Waals surface area contributed by atoms with E-state index < -0.39 is 0 Å². The Hall–Kier alpha value is -0.870. The second-order valence-corrected chi connectivity index (χ2v) is 5.87. The summed E-state index contributed by atoms with van der Waals surface area (Å²) in [5.74, 6) is 1.93. The predicted molar refractivity (Wildman–Crippen MR) is 77.0 cm³/mol. The number of aromatic nitrogens is 2. The number of rotatable bonds is 5. The first-order chi connectivity index (χ1) is 9.11. The highest BCUT2D eigenvalue weighted by molar-refractivity contribution is 5.13.